The fourth-order valence-electron chi connectivity index (χ4n) is 5.02. The molecular weight excluding hydrogens is 528 g/mol. The van der Waals surface area contributed by atoms with Crippen LogP contribution < -0.4 is 14.2 Å². The van der Waals surface area contributed by atoms with Gasteiger partial charge in [0.05, 0.1) is 19.8 Å². The Bertz CT molecular complexity index is 1260. The number of hydrogen-bond donors (Lipinski definition) is 0. The number of hydrogen-bond acceptors (Lipinski definition) is 6. The molecule has 3 unspecified atom stereocenters. The highest BCUT2D eigenvalue weighted by Crippen LogP contribution is 2.24. The summed E-state index contributed by atoms with van der Waals surface area (Å²) in [7, 11) is 0. The Labute approximate surface area is 247 Å². The van der Waals surface area contributed by atoms with E-state index in [1.54, 1.807) is 0 Å². The van der Waals surface area contributed by atoms with Crippen molar-refractivity contribution in [2.24, 2.45) is 0 Å². The zero-order valence-corrected chi connectivity index (χ0v) is 23.7. The highest BCUT2D eigenvalue weighted by atomic mass is 16.6. The van der Waals surface area contributed by atoms with Gasteiger partial charge >= 0.3 is 0 Å². The largest absolute Gasteiger partial charge is 0.491 e. The van der Waals surface area contributed by atoms with Gasteiger partial charge < -0.3 is 28.4 Å². The highest BCUT2D eigenvalue weighted by Gasteiger charge is 2.24. The van der Waals surface area contributed by atoms with Crippen LogP contribution in [-0.4, -0.2) is 58.0 Å². The first-order chi connectivity index (χ1) is 20.7. The number of ether oxygens (including phenoxy) is 6. The molecule has 0 radical (unpaired) electrons. The molecule has 0 bridgehead atoms. The van der Waals surface area contributed by atoms with Gasteiger partial charge in [-0.2, -0.15) is 0 Å². The molecule has 3 fully saturated rings. The van der Waals surface area contributed by atoms with Gasteiger partial charge in [0, 0.05) is 0 Å². The molecule has 0 N–H and O–H groups in total. The average molecular weight is 565 g/mol. The van der Waals surface area contributed by atoms with Gasteiger partial charge in [-0.05, 0) is 89.0 Å². The summed E-state index contributed by atoms with van der Waals surface area (Å²) < 4.78 is 33.2. The van der Waals surface area contributed by atoms with Crippen LogP contribution in [0.2, 0.25) is 0 Å². The third-order valence-corrected chi connectivity index (χ3v) is 7.62. The molecule has 0 amide bonds. The second-order valence-electron chi connectivity index (χ2n) is 11.4. The Morgan fingerprint density at radius 3 is 0.905 bits per heavy atom. The van der Waals surface area contributed by atoms with Gasteiger partial charge in [0.15, 0.2) is 0 Å². The van der Waals surface area contributed by atoms with Crippen molar-refractivity contribution in [2.75, 3.05) is 39.6 Å². The van der Waals surface area contributed by atoms with E-state index in [0.717, 1.165) is 56.3 Å². The molecule has 7 rings (SSSR count). The standard InChI is InChI=1S/C36H36O6/c1-7-31(37-19-34-22-40-34)8-2-25(1)13-28-16-29(14-26-3-9-32(10-4-26)38-20-35-23-41-35)18-30(17-28)15-27-5-11-33(12-6-27)39-21-36-24-42-36/h1-12,16-18,34-36H,13-15,19-24H2. The number of benzene rings is 4. The maximum atomic E-state index is 5.83. The molecule has 42 heavy (non-hydrogen) atoms. The van der Waals surface area contributed by atoms with Gasteiger partial charge in [-0.15, -0.1) is 0 Å². The lowest BCUT2D eigenvalue weighted by molar-refractivity contribution is 0.263. The van der Waals surface area contributed by atoms with Crippen molar-refractivity contribution in [1.29, 1.82) is 0 Å². The number of epoxide rings is 3. The first-order valence-electron chi connectivity index (χ1n) is 14.8. The van der Waals surface area contributed by atoms with Gasteiger partial charge in [0.1, 0.15) is 55.4 Å². The normalized spacial score (nSPS) is 20.1. The van der Waals surface area contributed by atoms with Crippen molar-refractivity contribution in [2.45, 2.75) is 37.6 Å². The van der Waals surface area contributed by atoms with Crippen molar-refractivity contribution in [3.63, 3.8) is 0 Å². The van der Waals surface area contributed by atoms with Crippen molar-refractivity contribution >= 4 is 0 Å². The third-order valence-electron chi connectivity index (χ3n) is 7.62. The SMILES string of the molecule is c1cc(OCC2CO2)ccc1Cc1cc(Cc2ccc(OCC3CO3)cc2)cc(Cc2ccc(OCC3CO3)cc2)c1. The molecule has 3 aliphatic rings. The number of rotatable bonds is 15. The lowest BCUT2D eigenvalue weighted by Gasteiger charge is -2.12. The summed E-state index contributed by atoms with van der Waals surface area (Å²) in [5.41, 5.74) is 7.69. The molecule has 0 saturated carbocycles. The summed E-state index contributed by atoms with van der Waals surface area (Å²) in [4.78, 5) is 0. The summed E-state index contributed by atoms with van der Waals surface area (Å²) in [6.07, 6.45) is 3.35. The maximum Gasteiger partial charge on any atom is 0.119 e. The maximum absolute atomic E-state index is 5.83. The summed E-state index contributed by atoms with van der Waals surface area (Å²) in [5, 5.41) is 0. The minimum absolute atomic E-state index is 0.257. The van der Waals surface area contributed by atoms with Crippen LogP contribution in [0.5, 0.6) is 17.2 Å². The first kappa shape index (κ1) is 27.0. The molecule has 3 atom stereocenters. The molecule has 6 nitrogen and oxygen atoms in total. The summed E-state index contributed by atoms with van der Waals surface area (Å²) in [5.74, 6) is 2.66. The minimum atomic E-state index is 0.257. The van der Waals surface area contributed by atoms with Gasteiger partial charge in [-0.25, -0.2) is 0 Å². The van der Waals surface area contributed by atoms with E-state index in [4.69, 9.17) is 28.4 Å². The molecule has 0 spiro atoms. The lowest BCUT2D eigenvalue weighted by Crippen LogP contribution is -2.04. The predicted molar refractivity (Wildman–Crippen MR) is 160 cm³/mol. The molecule has 0 aromatic heterocycles. The molecule has 216 valence electrons. The van der Waals surface area contributed by atoms with E-state index >= 15 is 0 Å². The zero-order chi connectivity index (χ0) is 28.1. The van der Waals surface area contributed by atoms with Gasteiger partial charge in [0.25, 0.3) is 0 Å². The van der Waals surface area contributed by atoms with E-state index in [9.17, 15) is 0 Å². The van der Waals surface area contributed by atoms with Crippen LogP contribution in [0.15, 0.2) is 91.0 Å². The minimum Gasteiger partial charge on any atom is -0.491 e. The average Bonchev–Trinajstić information content (AvgIpc) is 3.86. The third kappa shape index (κ3) is 8.13. The van der Waals surface area contributed by atoms with Crippen molar-refractivity contribution in [3.05, 3.63) is 124 Å². The smallest absolute Gasteiger partial charge is 0.119 e. The van der Waals surface area contributed by atoms with Crippen LogP contribution in [0.25, 0.3) is 0 Å². The van der Waals surface area contributed by atoms with E-state index in [2.05, 4.69) is 91.0 Å². The topological polar surface area (TPSA) is 65.3 Å². The molecule has 3 aliphatic heterocycles. The Balaban J connectivity index is 1.05. The Morgan fingerprint density at radius 1 is 0.405 bits per heavy atom. The van der Waals surface area contributed by atoms with Gasteiger partial charge in [-0.3, -0.25) is 0 Å². The van der Waals surface area contributed by atoms with Crippen LogP contribution in [0.3, 0.4) is 0 Å². The molecule has 0 aliphatic carbocycles. The summed E-state index contributed by atoms with van der Waals surface area (Å²) in [6.45, 7) is 4.27. The fraction of sp³-hybridized carbons (Fsp3) is 0.333. The van der Waals surface area contributed by atoms with E-state index in [-0.39, 0.29) is 18.3 Å². The Hall–Kier alpha value is -3.84. The van der Waals surface area contributed by atoms with Crippen molar-refractivity contribution in [3.8, 4) is 17.2 Å². The second-order valence-corrected chi connectivity index (χ2v) is 11.4. The summed E-state index contributed by atoms with van der Waals surface area (Å²) >= 11 is 0. The van der Waals surface area contributed by atoms with Crippen LogP contribution in [-0.2, 0) is 33.5 Å². The quantitative estimate of drug-likeness (QED) is 0.170. The fourth-order valence-corrected chi connectivity index (χ4v) is 5.02. The molecule has 3 heterocycles. The van der Waals surface area contributed by atoms with Gasteiger partial charge in [0.2, 0.25) is 0 Å². The van der Waals surface area contributed by atoms with E-state index < -0.39 is 0 Å². The molecule has 4 aromatic rings. The van der Waals surface area contributed by atoms with Gasteiger partial charge in [-0.1, -0.05) is 54.6 Å². The Kier molecular flexibility index (Phi) is 8.09. The van der Waals surface area contributed by atoms with E-state index in [0.29, 0.717) is 19.8 Å². The molecule has 4 aromatic carbocycles. The molecular formula is C36H36O6. The van der Waals surface area contributed by atoms with Crippen molar-refractivity contribution < 1.29 is 28.4 Å². The monoisotopic (exact) mass is 564 g/mol. The first-order valence-corrected chi connectivity index (χ1v) is 14.8. The second kappa shape index (κ2) is 12.6. The van der Waals surface area contributed by atoms with Crippen LogP contribution in [0.1, 0.15) is 33.4 Å². The lowest BCUT2D eigenvalue weighted by atomic mass is 9.94. The van der Waals surface area contributed by atoms with Crippen molar-refractivity contribution in [1.82, 2.24) is 0 Å². The van der Waals surface area contributed by atoms with Crippen LogP contribution >= 0.6 is 0 Å². The Morgan fingerprint density at radius 2 is 0.667 bits per heavy atom. The molecule has 3 saturated heterocycles. The van der Waals surface area contributed by atoms with E-state index in [1.165, 1.54) is 33.4 Å². The molecule has 6 heteroatoms. The zero-order valence-electron chi connectivity index (χ0n) is 23.7. The predicted octanol–water partition coefficient (Wildman–Crippen LogP) is 5.79. The van der Waals surface area contributed by atoms with Crippen LogP contribution in [0.4, 0.5) is 0 Å². The van der Waals surface area contributed by atoms with E-state index in [1.807, 2.05) is 0 Å². The summed E-state index contributed by atoms with van der Waals surface area (Å²) in [6, 6.07) is 32.3. The van der Waals surface area contributed by atoms with Crippen LogP contribution in [0, 0.1) is 0 Å². The highest BCUT2D eigenvalue weighted by molar-refractivity contribution is 5.41.